The summed E-state index contributed by atoms with van der Waals surface area (Å²) in [5, 5.41) is 14.9. The van der Waals surface area contributed by atoms with E-state index in [2.05, 4.69) is 5.32 Å². The number of hydrogen-bond acceptors (Lipinski definition) is 6. The first-order valence-corrected chi connectivity index (χ1v) is 9.53. The van der Waals surface area contributed by atoms with Gasteiger partial charge in [0.1, 0.15) is 11.3 Å². The van der Waals surface area contributed by atoms with E-state index in [1.807, 2.05) is 0 Å². The van der Waals surface area contributed by atoms with Crippen LogP contribution in [-0.4, -0.2) is 24.5 Å². The molecule has 7 nitrogen and oxygen atoms in total. The van der Waals surface area contributed by atoms with Crippen molar-refractivity contribution >= 4 is 34.4 Å². The highest BCUT2D eigenvalue weighted by atomic mass is 35.5. The van der Waals surface area contributed by atoms with Gasteiger partial charge in [-0.3, -0.25) is 4.79 Å². The lowest BCUT2D eigenvalue weighted by Crippen LogP contribution is -2.50. The van der Waals surface area contributed by atoms with Crippen molar-refractivity contribution < 1.29 is 23.8 Å². The summed E-state index contributed by atoms with van der Waals surface area (Å²) in [6.07, 6.45) is 0.0445. The fourth-order valence-electron chi connectivity index (χ4n) is 3.12. The Balaban J connectivity index is 1.72. The Bertz CT molecular complexity index is 1150. The molecular formula is C22H19ClNO6-. The van der Waals surface area contributed by atoms with Gasteiger partial charge in [0.2, 0.25) is 0 Å². The first-order chi connectivity index (χ1) is 14.2. The summed E-state index contributed by atoms with van der Waals surface area (Å²) >= 11 is 5.83. The lowest BCUT2D eigenvalue weighted by Gasteiger charge is -2.20. The average molecular weight is 429 g/mol. The fraction of sp³-hybridized carbons (Fsp3) is 0.227. The minimum absolute atomic E-state index is 0.0445. The SMILES string of the molecule is Cc1cc(OCC(=O)N[C@@H](Cc2ccc(Cl)cc2)C(=O)[O-])c2c(C)cc(=O)oc2c1. The number of amides is 1. The Morgan fingerprint density at radius 2 is 1.87 bits per heavy atom. The van der Waals surface area contributed by atoms with Gasteiger partial charge in [-0.25, -0.2) is 4.79 Å². The first-order valence-electron chi connectivity index (χ1n) is 9.15. The van der Waals surface area contributed by atoms with Crippen molar-refractivity contribution in [3.63, 3.8) is 0 Å². The number of hydrogen-bond donors (Lipinski definition) is 1. The van der Waals surface area contributed by atoms with Crippen LogP contribution in [0.3, 0.4) is 0 Å². The third-order valence-corrected chi connectivity index (χ3v) is 4.73. The highest BCUT2D eigenvalue weighted by Gasteiger charge is 2.16. The molecule has 0 saturated carbocycles. The molecule has 0 spiro atoms. The summed E-state index contributed by atoms with van der Waals surface area (Å²) in [4.78, 5) is 35.4. The van der Waals surface area contributed by atoms with E-state index in [9.17, 15) is 19.5 Å². The van der Waals surface area contributed by atoms with E-state index >= 15 is 0 Å². The molecule has 0 saturated heterocycles. The molecule has 156 valence electrons. The minimum Gasteiger partial charge on any atom is -0.548 e. The molecule has 0 fully saturated rings. The Hall–Kier alpha value is -3.32. The number of ether oxygens (including phenoxy) is 1. The smallest absolute Gasteiger partial charge is 0.336 e. The van der Waals surface area contributed by atoms with E-state index in [1.165, 1.54) is 6.07 Å². The molecule has 0 radical (unpaired) electrons. The quantitative estimate of drug-likeness (QED) is 0.576. The van der Waals surface area contributed by atoms with Crippen LogP contribution in [0.25, 0.3) is 11.0 Å². The maximum atomic E-state index is 12.3. The molecule has 1 amide bonds. The molecule has 30 heavy (non-hydrogen) atoms. The fourth-order valence-corrected chi connectivity index (χ4v) is 3.25. The van der Waals surface area contributed by atoms with E-state index in [0.29, 0.717) is 32.9 Å². The molecule has 1 atom stereocenters. The Morgan fingerprint density at radius 1 is 1.17 bits per heavy atom. The summed E-state index contributed by atoms with van der Waals surface area (Å²) in [7, 11) is 0. The topological polar surface area (TPSA) is 109 Å². The Labute approximate surface area is 177 Å². The summed E-state index contributed by atoms with van der Waals surface area (Å²) in [6.45, 7) is 3.12. The maximum Gasteiger partial charge on any atom is 0.336 e. The minimum atomic E-state index is -1.41. The zero-order valence-corrected chi connectivity index (χ0v) is 17.1. The number of carboxylic acid groups (broad SMARTS) is 1. The van der Waals surface area contributed by atoms with Crippen LogP contribution in [0.15, 0.2) is 51.7 Å². The molecule has 0 bridgehead atoms. The van der Waals surface area contributed by atoms with Crippen molar-refractivity contribution in [2.24, 2.45) is 0 Å². The molecule has 1 N–H and O–H groups in total. The molecule has 1 aromatic heterocycles. The van der Waals surface area contributed by atoms with Crippen molar-refractivity contribution in [2.75, 3.05) is 6.61 Å². The summed E-state index contributed by atoms with van der Waals surface area (Å²) in [5.41, 5.74) is 1.98. The molecule has 3 aromatic rings. The van der Waals surface area contributed by atoms with Crippen LogP contribution in [-0.2, 0) is 16.0 Å². The van der Waals surface area contributed by atoms with Gasteiger partial charge in [0.25, 0.3) is 5.91 Å². The molecule has 0 aliphatic rings. The van der Waals surface area contributed by atoms with Crippen molar-refractivity contribution in [2.45, 2.75) is 26.3 Å². The van der Waals surface area contributed by atoms with E-state index < -0.39 is 30.2 Å². The number of rotatable bonds is 7. The normalized spacial score (nSPS) is 11.8. The van der Waals surface area contributed by atoms with Crippen molar-refractivity contribution in [3.05, 3.63) is 74.6 Å². The number of carbonyl (C=O) groups excluding carboxylic acids is 2. The largest absolute Gasteiger partial charge is 0.548 e. The van der Waals surface area contributed by atoms with Gasteiger partial charge in [-0.15, -0.1) is 0 Å². The summed E-state index contributed by atoms with van der Waals surface area (Å²) in [5.74, 6) is -1.66. The van der Waals surface area contributed by atoms with Crippen LogP contribution in [0.2, 0.25) is 5.02 Å². The number of aryl methyl sites for hydroxylation is 2. The third-order valence-electron chi connectivity index (χ3n) is 4.48. The maximum absolute atomic E-state index is 12.3. The van der Waals surface area contributed by atoms with E-state index in [1.54, 1.807) is 50.2 Å². The lowest BCUT2D eigenvalue weighted by atomic mass is 10.1. The average Bonchev–Trinajstić information content (AvgIpc) is 2.66. The van der Waals surface area contributed by atoms with E-state index in [0.717, 1.165) is 5.56 Å². The van der Waals surface area contributed by atoms with E-state index in [-0.39, 0.29) is 6.42 Å². The molecule has 8 heteroatoms. The third kappa shape index (κ3) is 5.18. The van der Waals surface area contributed by atoms with Gasteiger partial charge in [-0.2, -0.15) is 0 Å². The first kappa shape index (κ1) is 21.4. The Morgan fingerprint density at radius 3 is 2.53 bits per heavy atom. The van der Waals surface area contributed by atoms with Crippen LogP contribution >= 0.6 is 11.6 Å². The summed E-state index contributed by atoms with van der Waals surface area (Å²) in [6, 6.07) is 10.2. The van der Waals surface area contributed by atoms with Gasteiger partial charge >= 0.3 is 5.63 Å². The molecule has 0 unspecified atom stereocenters. The van der Waals surface area contributed by atoms with Gasteiger partial charge in [0.15, 0.2) is 6.61 Å². The van der Waals surface area contributed by atoms with Crippen molar-refractivity contribution in [3.8, 4) is 5.75 Å². The molecule has 2 aromatic carbocycles. The van der Waals surface area contributed by atoms with Crippen LogP contribution in [0, 0.1) is 13.8 Å². The second-order valence-corrected chi connectivity index (χ2v) is 7.38. The van der Waals surface area contributed by atoms with Crippen molar-refractivity contribution in [1.82, 2.24) is 5.32 Å². The number of benzene rings is 2. The van der Waals surface area contributed by atoms with Crippen LogP contribution in [0.5, 0.6) is 5.75 Å². The Kier molecular flexibility index (Phi) is 6.42. The molecule has 0 aliphatic carbocycles. The zero-order chi connectivity index (χ0) is 21.8. The molecule has 1 heterocycles. The number of nitrogens with one attached hydrogen (secondary N) is 1. The monoisotopic (exact) mass is 428 g/mol. The van der Waals surface area contributed by atoms with Gasteiger partial charge in [0.05, 0.1) is 17.4 Å². The van der Waals surface area contributed by atoms with Gasteiger partial charge in [-0.1, -0.05) is 23.7 Å². The number of halogens is 1. The predicted molar refractivity (Wildman–Crippen MR) is 110 cm³/mol. The van der Waals surface area contributed by atoms with Crippen molar-refractivity contribution in [1.29, 1.82) is 0 Å². The highest BCUT2D eigenvalue weighted by molar-refractivity contribution is 6.30. The van der Waals surface area contributed by atoms with Gasteiger partial charge in [-0.05, 0) is 61.2 Å². The number of fused-ring (bicyclic) bond motifs is 1. The molecular weight excluding hydrogens is 410 g/mol. The van der Waals surface area contributed by atoms with Crippen LogP contribution in [0.1, 0.15) is 16.7 Å². The molecule has 3 rings (SSSR count). The zero-order valence-electron chi connectivity index (χ0n) is 16.4. The van der Waals surface area contributed by atoms with Crippen LogP contribution < -0.4 is 20.8 Å². The second kappa shape index (κ2) is 9.00. The van der Waals surface area contributed by atoms with Gasteiger partial charge < -0.3 is 24.4 Å². The number of carbonyl (C=O) groups is 2. The summed E-state index contributed by atoms with van der Waals surface area (Å²) < 4.78 is 10.8. The van der Waals surface area contributed by atoms with Crippen LogP contribution in [0.4, 0.5) is 0 Å². The van der Waals surface area contributed by atoms with Gasteiger partial charge in [0, 0.05) is 11.1 Å². The standard InChI is InChI=1S/C22H20ClNO6/c1-12-7-17(21-13(2)9-20(26)30-18(21)8-12)29-11-19(25)24-16(22(27)28)10-14-3-5-15(23)6-4-14/h3-9,16H,10-11H2,1-2H3,(H,24,25)(H,27,28)/p-1/t16-/m0/s1. The predicted octanol–water partition coefficient (Wildman–Crippen LogP) is 1.92. The molecule has 0 aliphatic heterocycles. The highest BCUT2D eigenvalue weighted by Crippen LogP contribution is 2.29. The van der Waals surface area contributed by atoms with E-state index in [4.69, 9.17) is 20.8 Å². The number of aliphatic carboxylic acids is 1. The number of carboxylic acids is 1. The second-order valence-electron chi connectivity index (χ2n) is 6.94. The lowest BCUT2D eigenvalue weighted by molar-refractivity contribution is -0.308.